The minimum absolute atomic E-state index is 0.0218. The normalized spacial score (nSPS) is 14.2. The van der Waals surface area contributed by atoms with Crippen LogP contribution in [-0.2, 0) is 4.74 Å². The van der Waals surface area contributed by atoms with Crippen molar-refractivity contribution >= 4 is 0 Å². The predicted molar refractivity (Wildman–Crippen MR) is 96.1 cm³/mol. The molecule has 0 N–H and O–H groups in total. The Hall–Kier alpha value is -2.00. The summed E-state index contributed by atoms with van der Waals surface area (Å²) in [5.74, 6) is 3.00. The van der Waals surface area contributed by atoms with E-state index < -0.39 is 0 Å². The molecule has 3 heteroatoms. The molecule has 1 heterocycles. The van der Waals surface area contributed by atoms with E-state index in [1.54, 1.807) is 0 Å². The topological polar surface area (TPSA) is 27.7 Å². The number of fused-ring (bicyclic) bond motifs is 2. The van der Waals surface area contributed by atoms with Crippen molar-refractivity contribution in [2.24, 2.45) is 5.41 Å². The highest BCUT2D eigenvalue weighted by atomic mass is 16.6. The van der Waals surface area contributed by atoms with Crippen LogP contribution in [0, 0.1) is 5.41 Å². The van der Waals surface area contributed by atoms with Crippen molar-refractivity contribution in [2.45, 2.75) is 46.6 Å². The summed E-state index contributed by atoms with van der Waals surface area (Å²) in [5.41, 5.74) is 1.34. The van der Waals surface area contributed by atoms with Crippen LogP contribution >= 0.6 is 0 Å². The van der Waals surface area contributed by atoms with Crippen molar-refractivity contribution in [1.82, 2.24) is 0 Å². The fourth-order valence-electron chi connectivity index (χ4n) is 2.67. The highest BCUT2D eigenvalue weighted by Crippen LogP contribution is 2.45. The van der Waals surface area contributed by atoms with Crippen molar-refractivity contribution in [3.8, 4) is 23.0 Å². The van der Waals surface area contributed by atoms with Gasteiger partial charge in [0.1, 0.15) is 0 Å². The molecule has 0 fully saturated rings. The molecular formula is C21H26O3. The summed E-state index contributed by atoms with van der Waals surface area (Å²) < 4.78 is 18.0. The number of hydrogen-bond donors (Lipinski definition) is 0. The van der Waals surface area contributed by atoms with E-state index in [2.05, 4.69) is 33.8 Å². The SMILES string of the molecule is CCC(C)(CC)COC(C)c1ccc2c(c1)Oc1ccccc1O2. The van der Waals surface area contributed by atoms with E-state index in [-0.39, 0.29) is 11.5 Å². The highest BCUT2D eigenvalue weighted by molar-refractivity contribution is 5.55. The lowest BCUT2D eigenvalue weighted by Crippen LogP contribution is -2.22. The van der Waals surface area contributed by atoms with Crippen LogP contribution in [0.1, 0.15) is 52.2 Å². The van der Waals surface area contributed by atoms with Crippen LogP contribution in [0.3, 0.4) is 0 Å². The van der Waals surface area contributed by atoms with Gasteiger partial charge in [0.15, 0.2) is 23.0 Å². The molecule has 0 amide bonds. The molecule has 0 bridgehead atoms. The van der Waals surface area contributed by atoms with Gasteiger partial charge in [-0.05, 0) is 55.0 Å². The lowest BCUT2D eigenvalue weighted by Gasteiger charge is -2.28. The Morgan fingerprint density at radius 1 is 0.917 bits per heavy atom. The highest BCUT2D eigenvalue weighted by Gasteiger charge is 2.23. The molecule has 0 aliphatic carbocycles. The van der Waals surface area contributed by atoms with E-state index in [0.717, 1.165) is 48.0 Å². The van der Waals surface area contributed by atoms with E-state index in [4.69, 9.17) is 14.2 Å². The molecule has 2 aromatic rings. The first kappa shape index (κ1) is 16.8. The van der Waals surface area contributed by atoms with Crippen LogP contribution in [0.15, 0.2) is 42.5 Å². The van der Waals surface area contributed by atoms with Crippen molar-refractivity contribution in [3.05, 3.63) is 48.0 Å². The molecule has 1 aliphatic heterocycles. The number of ether oxygens (including phenoxy) is 3. The zero-order valence-electron chi connectivity index (χ0n) is 15.0. The second-order valence-electron chi connectivity index (χ2n) is 6.83. The van der Waals surface area contributed by atoms with Crippen molar-refractivity contribution in [3.63, 3.8) is 0 Å². The third kappa shape index (κ3) is 3.41. The summed E-state index contributed by atoms with van der Waals surface area (Å²) in [4.78, 5) is 0. The lowest BCUT2D eigenvalue weighted by molar-refractivity contribution is 0.000897. The second-order valence-corrected chi connectivity index (χ2v) is 6.83. The van der Waals surface area contributed by atoms with E-state index in [9.17, 15) is 0 Å². The average Bonchev–Trinajstić information content (AvgIpc) is 2.63. The molecule has 3 rings (SSSR count). The number of benzene rings is 2. The molecule has 0 radical (unpaired) electrons. The number of para-hydroxylation sites is 2. The average molecular weight is 326 g/mol. The molecule has 1 unspecified atom stereocenters. The third-order valence-electron chi connectivity index (χ3n) is 5.12. The van der Waals surface area contributed by atoms with Gasteiger partial charge in [-0.3, -0.25) is 0 Å². The van der Waals surface area contributed by atoms with Crippen molar-refractivity contribution in [2.75, 3.05) is 6.61 Å². The first-order valence-electron chi connectivity index (χ1n) is 8.75. The van der Waals surface area contributed by atoms with Crippen LogP contribution in [0.25, 0.3) is 0 Å². The van der Waals surface area contributed by atoms with Gasteiger partial charge in [0.05, 0.1) is 12.7 Å². The molecule has 0 saturated carbocycles. The number of hydrogen-bond acceptors (Lipinski definition) is 3. The minimum atomic E-state index is 0.0218. The molecule has 24 heavy (non-hydrogen) atoms. The van der Waals surface area contributed by atoms with Gasteiger partial charge in [0.25, 0.3) is 0 Å². The standard InChI is InChI=1S/C21H26O3/c1-5-21(4,6-2)14-22-15(3)16-11-12-19-20(13-16)24-18-10-8-7-9-17(18)23-19/h7-13,15H,5-6,14H2,1-4H3. The first-order valence-corrected chi connectivity index (χ1v) is 8.75. The second kappa shape index (κ2) is 6.86. The fraction of sp³-hybridized carbons (Fsp3) is 0.429. The quantitative estimate of drug-likeness (QED) is 0.518. The Labute approximate surface area is 144 Å². The van der Waals surface area contributed by atoms with Crippen LogP contribution in [-0.4, -0.2) is 6.61 Å². The van der Waals surface area contributed by atoms with Crippen LogP contribution in [0.5, 0.6) is 23.0 Å². The van der Waals surface area contributed by atoms with Crippen LogP contribution in [0.2, 0.25) is 0 Å². The molecule has 0 spiro atoms. The zero-order valence-corrected chi connectivity index (χ0v) is 15.0. The molecule has 2 aromatic carbocycles. The molecule has 0 saturated heterocycles. The Morgan fingerprint density at radius 2 is 1.50 bits per heavy atom. The van der Waals surface area contributed by atoms with Gasteiger partial charge in [-0.25, -0.2) is 0 Å². The van der Waals surface area contributed by atoms with Gasteiger partial charge < -0.3 is 14.2 Å². The van der Waals surface area contributed by atoms with Crippen molar-refractivity contribution in [1.29, 1.82) is 0 Å². The van der Waals surface area contributed by atoms with Gasteiger partial charge in [-0.1, -0.05) is 39.0 Å². The van der Waals surface area contributed by atoms with Gasteiger partial charge in [-0.2, -0.15) is 0 Å². The van der Waals surface area contributed by atoms with Gasteiger partial charge in [-0.15, -0.1) is 0 Å². The maximum absolute atomic E-state index is 6.14. The maximum atomic E-state index is 6.14. The summed E-state index contributed by atoms with van der Waals surface area (Å²) in [6, 6.07) is 13.7. The third-order valence-corrected chi connectivity index (χ3v) is 5.12. The number of rotatable bonds is 6. The summed E-state index contributed by atoms with van der Waals surface area (Å²) in [6.07, 6.45) is 2.26. The summed E-state index contributed by atoms with van der Waals surface area (Å²) >= 11 is 0. The minimum Gasteiger partial charge on any atom is -0.450 e. The summed E-state index contributed by atoms with van der Waals surface area (Å²) in [6.45, 7) is 9.57. The monoisotopic (exact) mass is 326 g/mol. The zero-order chi connectivity index (χ0) is 17.2. The van der Waals surface area contributed by atoms with E-state index >= 15 is 0 Å². The molecular weight excluding hydrogens is 300 g/mol. The molecule has 3 nitrogen and oxygen atoms in total. The molecule has 128 valence electrons. The molecule has 1 aliphatic rings. The maximum Gasteiger partial charge on any atom is 0.170 e. The van der Waals surface area contributed by atoms with E-state index in [0.29, 0.717) is 0 Å². The summed E-state index contributed by atoms with van der Waals surface area (Å²) in [5, 5.41) is 0. The largest absolute Gasteiger partial charge is 0.450 e. The predicted octanol–water partition coefficient (Wildman–Crippen LogP) is 6.49. The Balaban J connectivity index is 1.73. The van der Waals surface area contributed by atoms with E-state index in [1.807, 2.05) is 36.4 Å². The van der Waals surface area contributed by atoms with Crippen LogP contribution in [0.4, 0.5) is 0 Å². The van der Waals surface area contributed by atoms with Gasteiger partial charge in [0.2, 0.25) is 0 Å². The van der Waals surface area contributed by atoms with Crippen LogP contribution < -0.4 is 9.47 Å². The van der Waals surface area contributed by atoms with E-state index in [1.165, 1.54) is 0 Å². The summed E-state index contributed by atoms with van der Waals surface area (Å²) in [7, 11) is 0. The first-order chi connectivity index (χ1) is 11.5. The smallest absolute Gasteiger partial charge is 0.170 e. The Kier molecular flexibility index (Phi) is 4.81. The molecule has 1 atom stereocenters. The van der Waals surface area contributed by atoms with Gasteiger partial charge in [0, 0.05) is 0 Å². The fourth-order valence-corrected chi connectivity index (χ4v) is 2.67. The van der Waals surface area contributed by atoms with Crippen molar-refractivity contribution < 1.29 is 14.2 Å². The molecule has 0 aromatic heterocycles. The lowest BCUT2D eigenvalue weighted by atomic mass is 9.86. The Morgan fingerprint density at radius 3 is 2.12 bits per heavy atom. The Bertz CT molecular complexity index is 704. The van der Waals surface area contributed by atoms with Gasteiger partial charge >= 0.3 is 0 Å².